The van der Waals surface area contributed by atoms with Crippen LogP contribution in [0.4, 0.5) is 27.8 Å². The molecule has 0 spiro atoms. The molecule has 3 aromatic rings. The number of carbonyl (C=O) groups is 3. The number of anilines is 1. The molecule has 0 fully saturated rings. The summed E-state index contributed by atoms with van der Waals surface area (Å²) in [6.45, 7) is 2.76. The van der Waals surface area contributed by atoms with Gasteiger partial charge in [-0.2, -0.15) is 27.1 Å². The van der Waals surface area contributed by atoms with Gasteiger partial charge in [0.1, 0.15) is 11.4 Å². The maximum atomic E-state index is 14.6. The zero-order valence-electron chi connectivity index (χ0n) is 22.8. The summed E-state index contributed by atoms with van der Waals surface area (Å²) in [5.74, 6) is -7.38. The van der Waals surface area contributed by atoms with Crippen LogP contribution in [-0.4, -0.2) is 47.9 Å². The van der Waals surface area contributed by atoms with Crippen molar-refractivity contribution in [2.24, 2.45) is 0 Å². The average Bonchev–Trinajstić information content (AvgIpc) is 3.53. The van der Waals surface area contributed by atoms with Crippen LogP contribution in [0.2, 0.25) is 0 Å². The largest absolute Gasteiger partial charge is 0.465 e. The van der Waals surface area contributed by atoms with E-state index in [2.05, 4.69) is 19.9 Å². The van der Waals surface area contributed by atoms with Gasteiger partial charge < -0.3 is 19.7 Å². The zero-order chi connectivity index (χ0) is 30.8. The second-order valence-corrected chi connectivity index (χ2v) is 9.49. The number of benzene rings is 2. The number of halogens is 5. The Kier molecular flexibility index (Phi) is 8.55. The van der Waals surface area contributed by atoms with Gasteiger partial charge in [-0.15, -0.1) is 0 Å². The van der Waals surface area contributed by atoms with E-state index < -0.39 is 52.8 Å². The molecule has 14 heteroatoms. The maximum absolute atomic E-state index is 14.6. The molecule has 1 unspecified atom stereocenters. The highest BCUT2D eigenvalue weighted by atomic mass is 19.4. The lowest BCUT2D eigenvalue weighted by molar-refractivity contribution is -0.173. The Balaban J connectivity index is 1.62. The number of fused-ring (bicyclic) bond motifs is 1. The molecular weight excluding hydrogens is 567 g/mol. The highest BCUT2D eigenvalue weighted by molar-refractivity contribution is 6.01. The second-order valence-electron chi connectivity index (χ2n) is 9.49. The highest BCUT2D eigenvalue weighted by Crippen LogP contribution is 2.39. The fourth-order valence-corrected chi connectivity index (χ4v) is 4.62. The highest BCUT2D eigenvalue weighted by Gasteiger charge is 2.45. The first-order valence-electron chi connectivity index (χ1n) is 12.8. The minimum Gasteiger partial charge on any atom is -0.465 e. The van der Waals surface area contributed by atoms with Crippen molar-refractivity contribution in [1.29, 1.82) is 0 Å². The monoisotopic (exact) mass is 594 g/mol. The first-order chi connectivity index (χ1) is 19.8. The molecule has 0 bridgehead atoms. The quantitative estimate of drug-likeness (QED) is 0.279. The molecule has 4 rings (SSSR count). The van der Waals surface area contributed by atoms with Crippen LogP contribution in [0.25, 0.3) is 0 Å². The molecule has 0 radical (unpaired) electrons. The topological polar surface area (TPSA) is 103 Å². The number of methoxy groups -OCH3 is 1. The molecule has 1 aliphatic rings. The third-order valence-corrected chi connectivity index (χ3v) is 6.68. The van der Waals surface area contributed by atoms with Gasteiger partial charge in [0.05, 0.1) is 31.9 Å². The molecule has 1 atom stereocenters. The number of aromatic nitrogens is 2. The SMILES string of the molecule is CCOC(=O)C(F)(F)c1cccc(CN2CCn3nc(C(F)(F)F)c(C(=O)NC(C)c4ccc(C(=O)OC)cc4)c32)c1. The number of carbonyl (C=O) groups excluding carboxylic acids is 3. The Morgan fingerprint density at radius 2 is 1.74 bits per heavy atom. The molecule has 9 nitrogen and oxygen atoms in total. The van der Waals surface area contributed by atoms with Gasteiger partial charge in [0, 0.05) is 18.7 Å². The average molecular weight is 595 g/mol. The van der Waals surface area contributed by atoms with Crippen LogP contribution >= 0.6 is 0 Å². The summed E-state index contributed by atoms with van der Waals surface area (Å²) in [6, 6.07) is 10.1. The predicted molar refractivity (Wildman–Crippen MR) is 139 cm³/mol. The van der Waals surface area contributed by atoms with Crippen LogP contribution in [-0.2, 0) is 39.5 Å². The van der Waals surface area contributed by atoms with Crippen LogP contribution in [0.3, 0.4) is 0 Å². The third kappa shape index (κ3) is 6.06. The number of alkyl halides is 5. The van der Waals surface area contributed by atoms with Crippen LogP contribution in [0.15, 0.2) is 48.5 Å². The second kappa shape index (κ2) is 11.8. The van der Waals surface area contributed by atoms with Gasteiger partial charge >= 0.3 is 24.0 Å². The summed E-state index contributed by atoms with van der Waals surface area (Å²) in [4.78, 5) is 38.3. The van der Waals surface area contributed by atoms with Crippen LogP contribution < -0.4 is 10.2 Å². The Bertz CT molecular complexity index is 1490. The van der Waals surface area contributed by atoms with E-state index in [1.54, 1.807) is 6.92 Å². The number of nitrogens with zero attached hydrogens (tertiary/aromatic N) is 3. The van der Waals surface area contributed by atoms with Crippen molar-refractivity contribution in [3.05, 3.63) is 82.0 Å². The molecule has 1 amide bonds. The van der Waals surface area contributed by atoms with E-state index >= 15 is 0 Å². The van der Waals surface area contributed by atoms with Gasteiger partial charge in [-0.1, -0.05) is 30.3 Å². The van der Waals surface area contributed by atoms with Gasteiger partial charge in [-0.25, -0.2) is 14.3 Å². The minimum absolute atomic E-state index is 0.0227. The molecule has 0 saturated carbocycles. The van der Waals surface area contributed by atoms with Gasteiger partial charge in [0.2, 0.25) is 0 Å². The van der Waals surface area contributed by atoms with Crippen LogP contribution in [0, 0.1) is 0 Å². The predicted octanol–water partition coefficient (Wildman–Crippen LogP) is 4.85. The summed E-state index contributed by atoms with van der Waals surface area (Å²) in [7, 11) is 1.22. The van der Waals surface area contributed by atoms with Crippen LogP contribution in [0.5, 0.6) is 0 Å². The summed E-state index contributed by atoms with van der Waals surface area (Å²) >= 11 is 0. The minimum atomic E-state index is -4.96. The number of ether oxygens (including phenoxy) is 2. The van der Waals surface area contributed by atoms with E-state index in [1.807, 2.05) is 0 Å². The smallest absolute Gasteiger partial charge is 0.436 e. The normalized spacial score (nSPS) is 13.9. The van der Waals surface area contributed by atoms with E-state index in [0.29, 0.717) is 5.56 Å². The molecule has 1 aromatic heterocycles. The number of esters is 2. The summed E-state index contributed by atoms with van der Waals surface area (Å²) < 4.78 is 81.4. The molecule has 2 heterocycles. The Hall–Kier alpha value is -4.49. The van der Waals surface area contributed by atoms with E-state index in [1.165, 1.54) is 55.3 Å². The Morgan fingerprint density at radius 3 is 2.36 bits per heavy atom. The van der Waals surface area contributed by atoms with Gasteiger partial charge in [-0.05, 0) is 43.2 Å². The number of hydrogen-bond acceptors (Lipinski definition) is 7. The zero-order valence-corrected chi connectivity index (χ0v) is 22.8. The maximum Gasteiger partial charge on any atom is 0.436 e. The molecule has 224 valence electrons. The standard InChI is InChI=1S/C28H27F5N4O5/c1-4-42-26(40)27(29,30)20-7-5-6-17(14-20)15-36-12-13-37-24(36)21(22(35-37)28(31,32)33)23(38)34-16(2)18-8-10-19(11-9-18)25(39)41-3/h5-11,14,16H,4,12-13,15H2,1-3H3,(H,34,38). The lowest BCUT2D eigenvalue weighted by Crippen LogP contribution is -2.31. The first kappa shape index (κ1) is 30.5. The van der Waals surface area contributed by atoms with E-state index in [9.17, 15) is 36.3 Å². The molecular formula is C28H27F5N4O5. The van der Waals surface area contributed by atoms with Crippen molar-refractivity contribution in [3.63, 3.8) is 0 Å². The van der Waals surface area contributed by atoms with Crippen molar-refractivity contribution >= 4 is 23.7 Å². The van der Waals surface area contributed by atoms with Crippen molar-refractivity contribution in [2.75, 3.05) is 25.2 Å². The van der Waals surface area contributed by atoms with Gasteiger partial charge in [0.15, 0.2) is 5.69 Å². The molecule has 42 heavy (non-hydrogen) atoms. The number of nitrogens with one attached hydrogen (secondary N) is 1. The van der Waals surface area contributed by atoms with E-state index in [4.69, 9.17) is 0 Å². The lowest BCUT2D eigenvalue weighted by atomic mass is 10.0. The Morgan fingerprint density at radius 1 is 1.05 bits per heavy atom. The lowest BCUT2D eigenvalue weighted by Gasteiger charge is -2.22. The van der Waals surface area contributed by atoms with Crippen LogP contribution in [0.1, 0.15) is 63.0 Å². The van der Waals surface area contributed by atoms with Crippen molar-refractivity contribution in [3.8, 4) is 0 Å². The van der Waals surface area contributed by atoms with E-state index in [-0.39, 0.29) is 43.2 Å². The number of hydrogen-bond donors (Lipinski definition) is 1. The molecule has 0 saturated heterocycles. The number of rotatable bonds is 9. The molecule has 2 aromatic carbocycles. The Labute approximate surface area is 237 Å². The fourth-order valence-electron chi connectivity index (χ4n) is 4.62. The fraction of sp³-hybridized carbons (Fsp3) is 0.357. The van der Waals surface area contributed by atoms with Gasteiger partial charge in [0.25, 0.3) is 5.91 Å². The van der Waals surface area contributed by atoms with Crippen molar-refractivity contribution in [1.82, 2.24) is 15.1 Å². The number of amides is 1. The van der Waals surface area contributed by atoms with Crippen molar-refractivity contribution < 1.29 is 45.8 Å². The van der Waals surface area contributed by atoms with Crippen molar-refractivity contribution in [2.45, 2.75) is 45.1 Å². The third-order valence-electron chi connectivity index (χ3n) is 6.68. The summed E-state index contributed by atoms with van der Waals surface area (Å²) in [5, 5.41) is 6.21. The van der Waals surface area contributed by atoms with E-state index in [0.717, 1.165) is 16.8 Å². The molecule has 1 aliphatic heterocycles. The van der Waals surface area contributed by atoms with Gasteiger partial charge in [-0.3, -0.25) is 4.79 Å². The molecule has 0 aliphatic carbocycles. The summed E-state index contributed by atoms with van der Waals surface area (Å²) in [6.07, 6.45) is -4.96. The first-order valence-corrected chi connectivity index (χ1v) is 12.8. The summed E-state index contributed by atoms with van der Waals surface area (Å²) in [5.41, 5.74) is -1.67. The molecule has 1 N–H and O–H groups in total.